The molecule has 1 aromatic rings. The van der Waals surface area contributed by atoms with Crippen molar-refractivity contribution in [2.24, 2.45) is 0 Å². The largest absolute Gasteiger partial charge is 0.481 e. The Morgan fingerprint density at radius 1 is 1.42 bits per heavy atom. The Balaban J connectivity index is 1.73. The van der Waals surface area contributed by atoms with Crippen molar-refractivity contribution in [1.82, 2.24) is 9.88 Å². The van der Waals surface area contributed by atoms with Crippen LogP contribution in [0.3, 0.4) is 0 Å². The zero-order valence-corrected chi connectivity index (χ0v) is 10.8. The fourth-order valence-electron chi connectivity index (χ4n) is 2.80. The van der Waals surface area contributed by atoms with Gasteiger partial charge in [-0.25, -0.2) is 0 Å². The number of aromatic nitrogens is 1. The van der Waals surface area contributed by atoms with E-state index in [4.69, 9.17) is 5.11 Å². The van der Waals surface area contributed by atoms with Crippen molar-refractivity contribution in [2.75, 3.05) is 0 Å². The molecule has 0 unspecified atom stereocenters. The van der Waals surface area contributed by atoms with E-state index in [2.05, 4.69) is 5.32 Å². The van der Waals surface area contributed by atoms with Crippen molar-refractivity contribution in [3.05, 3.63) is 24.0 Å². The minimum absolute atomic E-state index is 0.0167. The van der Waals surface area contributed by atoms with E-state index in [0.717, 1.165) is 32.1 Å². The first-order valence-corrected chi connectivity index (χ1v) is 6.81. The lowest BCUT2D eigenvalue weighted by Crippen LogP contribution is -2.54. The number of hydrogen-bond donors (Lipinski definition) is 2. The van der Waals surface area contributed by atoms with Gasteiger partial charge in [0.25, 0.3) is 5.91 Å². The molecule has 2 fully saturated rings. The molecule has 0 radical (unpaired) electrons. The summed E-state index contributed by atoms with van der Waals surface area (Å²) in [5.41, 5.74) is 0.126. The minimum Gasteiger partial charge on any atom is -0.481 e. The predicted molar refractivity (Wildman–Crippen MR) is 69.0 cm³/mol. The van der Waals surface area contributed by atoms with Gasteiger partial charge in [-0.1, -0.05) is 0 Å². The average molecular weight is 262 g/mol. The van der Waals surface area contributed by atoms with Crippen LogP contribution < -0.4 is 5.32 Å². The maximum absolute atomic E-state index is 12.3. The molecule has 5 heteroatoms. The number of aliphatic carboxylic acids is 1. The van der Waals surface area contributed by atoms with Crippen LogP contribution in [0.5, 0.6) is 0 Å². The van der Waals surface area contributed by atoms with E-state index in [1.807, 2.05) is 16.8 Å². The normalized spacial score (nSPS) is 20.6. The third-order valence-electron chi connectivity index (χ3n) is 4.13. The molecular formula is C14H18N2O3. The Bertz CT molecular complexity index is 513. The number of nitrogens with one attached hydrogen (secondary N) is 1. The summed E-state index contributed by atoms with van der Waals surface area (Å²) in [6, 6.07) is 4.13. The van der Waals surface area contributed by atoms with Gasteiger partial charge in [0, 0.05) is 12.2 Å². The molecule has 2 aliphatic carbocycles. The average Bonchev–Trinajstić information content (AvgIpc) is 3.03. The molecule has 0 bridgehead atoms. The second-order valence-electron chi connectivity index (χ2n) is 5.69. The van der Waals surface area contributed by atoms with Crippen LogP contribution >= 0.6 is 0 Å². The summed E-state index contributed by atoms with van der Waals surface area (Å²) in [5, 5.41) is 11.9. The molecule has 2 aliphatic rings. The van der Waals surface area contributed by atoms with Crippen LogP contribution in [0.15, 0.2) is 18.3 Å². The van der Waals surface area contributed by atoms with E-state index in [1.165, 1.54) is 0 Å². The number of amides is 1. The van der Waals surface area contributed by atoms with E-state index in [0.29, 0.717) is 11.7 Å². The zero-order valence-electron chi connectivity index (χ0n) is 10.8. The Morgan fingerprint density at radius 3 is 2.68 bits per heavy atom. The van der Waals surface area contributed by atoms with Gasteiger partial charge in [-0.05, 0) is 44.2 Å². The van der Waals surface area contributed by atoms with E-state index in [-0.39, 0.29) is 12.3 Å². The van der Waals surface area contributed by atoms with Crippen molar-refractivity contribution in [1.29, 1.82) is 0 Å². The summed E-state index contributed by atoms with van der Waals surface area (Å²) in [6.07, 6.45) is 6.69. The molecule has 2 N–H and O–H groups in total. The highest BCUT2D eigenvalue weighted by atomic mass is 16.4. The van der Waals surface area contributed by atoms with Gasteiger partial charge in [-0.15, -0.1) is 0 Å². The third-order valence-corrected chi connectivity index (χ3v) is 4.13. The van der Waals surface area contributed by atoms with Crippen LogP contribution in [0.1, 0.15) is 55.1 Å². The standard InChI is InChI=1S/C14H18N2O3/c17-12(18)9-14(6-2-7-14)15-13(19)11-3-1-8-16(11)10-4-5-10/h1,3,8,10H,2,4-7,9H2,(H,15,19)(H,17,18). The van der Waals surface area contributed by atoms with Gasteiger partial charge in [0.1, 0.15) is 5.69 Å². The molecule has 19 heavy (non-hydrogen) atoms. The number of carbonyl (C=O) groups is 2. The van der Waals surface area contributed by atoms with Crippen molar-refractivity contribution in [2.45, 2.75) is 50.1 Å². The third kappa shape index (κ3) is 2.37. The summed E-state index contributed by atoms with van der Waals surface area (Å²) in [4.78, 5) is 23.2. The number of nitrogens with zero attached hydrogens (tertiary/aromatic N) is 1. The first-order chi connectivity index (χ1) is 9.10. The number of hydrogen-bond acceptors (Lipinski definition) is 2. The van der Waals surface area contributed by atoms with Crippen molar-refractivity contribution in [3.63, 3.8) is 0 Å². The van der Waals surface area contributed by atoms with E-state index in [1.54, 1.807) is 6.07 Å². The lowest BCUT2D eigenvalue weighted by atomic mass is 9.74. The minimum atomic E-state index is -0.849. The summed E-state index contributed by atoms with van der Waals surface area (Å²) in [5.74, 6) is -0.990. The maximum atomic E-state index is 12.3. The lowest BCUT2D eigenvalue weighted by molar-refractivity contribution is -0.139. The van der Waals surface area contributed by atoms with E-state index >= 15 is 0 Å². The molecule has 102 valence electrons. The SMILES string of the molecule is O=C(O)CC1(NC(=O)c2cccn2C2CC2)CCC1. The summed E-state index contributed by atoms with van der Waals surface area (Å²) >= 11 is 0. The molecule has 5 nitrogen and oxygen atoms in total. The van der Waals surface area contributed by atoms with Crippen LogP contribution in [-0.2, 0) is 4.79 Å². The molecule has 0 saturated heterocycles. The van der Waals surface area contributed by atoms with Crippen LogP contribution in [0.25, 0.3) is 0 Å². The quantitative estimate of drug-likeness (QED) is 0.852. The van der Waals surface area contributed by atoms with Gasteiger partial charge in [0.05, 0.1) is 12.0 Å². The summed E-state index contributed by atoms with van der Waals surface area (Å²) < 4.78 is 2.00. The summed E-state index contributed by atoms with van der Waals surface area (Å²) in [7, 11) is 0. The maximum Gasteiger partial charge on any atom is 0.305 e. The first-order valence-electron chi connectivity index (χ1n) is 6.81. The topological polar surface area (TPSA) is 71.3 Å². The molecule has 0 aromatic carbocycles. The molecule has 1 heterocycles. The van der Waals surface area contributed by atoms with Crippen molar-refractivity contribution >= 4 is 11.9 Å². The van der Waals surface area contributed by atoms with E-state index < -0.39 is 11.5 Å². The molecule has 3 rings (SSSR count). The van der Waals surface area contributed by atoms with Gasteiger partial charge < -0.3 is 15.0 Å². The Labute approximate surface area is 111 Å². The zero-order chi connectivity index (χ0) is 13.5. The molecule has 1 amide bonds. The van der Waals surface area contributed by atoms with Gasteiger partial charge in [0.15, 0.2) is 0 Å². The van der Waals surface area contributed by atoms with Crippen molar-refractivity contribution < 1.29 is 14.7 Å². The highest BCUT2D eigenvalue weighted by molar-refractivity contribution is 5.93. The van der Waals surface area contributed by atoms with Crippen LogP contribution in [-0.4, -0.2) is 27.1 Å². The van der Waals surface area contributed by atoms with Gasteiger partial charge in [0.2, 0.25) is 0 Å². The fourth-order valence-corrected chi connectivity index (χ4v) is 2.80. The smallest absolute Gasteiger partial charge is 0.305 e. The number of rotatable bonds is 5. The summed E-state index contributed by atoms with van der Waals surface area (Å²) in [6.45, 7) is 0. The van der Waals surface area contributed by atoms with Gasteiger partial charge >= 0.3 is 5.97 Å². The second-order valence-corrected chi connectivity index (χ2v) is 5.69. The van der Waals surface area contributed by atoms with Gasteiger partial charge in [-0.2, -0.15) is 0 Å². The van der Waals surface area contributed by atoms with Crippen LogP contribution in [0.2, 0.25) is 0 Å². The molecular weight excluding hydrogens is 244 g/mol. The monoisotopic (exact) mass is 262 g/mol. The molecule has 0 spiro atoms. The Hall–Kier alpha value is -1.78. The lowest BCUT2D eigenvalue weighted by Gasteiger charge is -2.41. The fraction of sp³-hybridized carbons (Fsp3) is 0.571. The van der Waals surface area contributed by atoms with E-state index in [9.17, 15) is 9.59 Å². The molecule has 2 saturated carbocycles. The van der Waals surface area contributed by atoms with Crippen LogP contribution in [0, 0.1) is 0 Å². The van der Waals surface area contributed by atoms with Crippen LogP contribution in [0.4, 0.5) is 0 Å². The first kappa shape index (κ1) is 12.3. The predicted octanol–water partition coefficient (Wildman–Crippen LogP) is 1.95. The van der Waals surface area contributed by atoms with Crippen molar-refractivity contribution in [3.8, 4) is 0 Å². The molecule has 0 aliphatic heterocycles. The highest BCUT2D eigenvalue weighted by Gasteiger charge is 2.41. The molecule has 1 aromatic heterocycles. The second kappa shape index (κ2) is 4.40. The molecule has 0 atom stereocenters. The Morgan fingerprint density at radius 2 is 2.16 bits per heavy atom. The highest BCUT2D eigenvalue weighted by Crippen LogP contribution is 2.37. The number of carbonyl (C=O) groups excluding carboxylic acids is 1. The van der Waals surface area contributed by atoms with Gasteiger partial charge in [-0.3, -0.25) is 9.59 Å². The number of carboxylic acid groups (broad SMARTS) is 1. The number of carboxylic acids is 1. The Kier molecular flexibility index (Phi) is 2.84.